The molecule has 0 unspecified atom stereocenters. The lowest BCUT2D eigenvalue weighted by Crippen LogP contribution is -1.86. The molecule has 0 saturated heterocycles. The fraction of sp³-hybridized carbons (Fsp3) is 0.400. The van der Waals surface area contributed by atoms with E-state index in [2.05, 4.69) is 11.9 Å². The second-order valence-electron chi connectivity index (χ2n) is 1.71. The van der Waals surface area contributed by atoms with Gasteiger partial charge in [-0.15, -0.1) is 0 Å². The SMILES string of the molecule is CC1=C(C)N=C[B]1. The van der Waals surface area contributed by atoms with Crippen molar-refractivity contribution in [2.75, 3.05) is 0 Å². The largest absolute Gasteiger partial charge is 0.277 e. The van der Waals surface area contributed by atoms with Crippen molar-refractivity contribution in [2.24, 2.45) is 4.99 Å². The normalized spacial score (nSPS) is 18.0. The van der Waals surface area contributed by atoms with Crippen LogP contribution < -0.4 is 0 Å². The van der Waals surface area contributed by atoms with E-state index in [0.717, 1.165) is 5.70 Å². The summed E-state index contributed by atoms with van der Waals surface area (Å²) in [6.07, 6.45) is 1.82. The Balaban J connectivity index is 2.79. The van der Waals surface area contributed by atoms with E-state index in [4.69, 9.17) is 0 Å². The van der Waals surface area contributed by atoms with Crippen molar-refractivity contribution >= 4 is 13.4 Å². The van der Waals surface area contributed by atoms with Gasteiger partial charge in [-0.25, -0.2) is 0 Å². The second kappa shape index (κ2) is 1.53. The van der Waals surface area contributed by atoms with Gasteiger partial charge in [0.2, 0.25) is 7.28 Å². The second-order valence-corrected chi connectivity index (χ2v) is 1.71. The summed E-state index contributed by atoms with van der Waals surface area (Å²) in [4.78, 5) is 4.02. The highest BCUT2D eigenvalue weighted by atomic mass is 14.7. The average molecular weight is 91.9 g/mol. The molecule has 0 bridgehead atoms. The van der Waals surface area contributed by atoms with Crippen LogP contribution in [0.25, 0.3) is 0 Å². The molecule has 35 valence electrons. The van der Waals surface area contributed by atoms with E-state index in [1.54, 1.807) is 0 Å². The van der Waals surface area contributed by atoms with E-state index in [1.807, 2.05) is 20.3 Å². The van der Waals surface area contributed by atoms with Crippen LogP contribution in [0.3, 0.4) is 0 Å². The van der Waals surface area contributed by atoms with Gasteiger partial charge in [0.15, 0.2) is 0 Å². The third-order valence-corrected chi connectivity index (χ3v) is 1.16. The molecule has 0 saturated carbocycles. The highest BCUT2D eigenvalue weighted by Gasteiger charge is 1.99. The van der Waals surface area contributed by atoms with Gasteiger partial charge < -0.3 is 0 Å². The molecule has 1 rings (SSSR count). The first-order valence-corrected chi connectivity index (χ1v) is 2.35. The molecule has 1 heterocycles. The molecule has 0 spiro atoms. The minimum atomic E-state index is 1.14. The molecule has 1 nitrogen and oxygen atoms in total. The molecule has 0 atom stereocenters. The third kappa shape index (κ3) is 0.736. The molecule has 1 aliphatic heterocycles. The van der Waals surface area contributed by atoms with E-state index < -0.39 is 0 Å². The molecule has 2 heteroatoms. The topological polar surface area (TPSA) is 12.4 Å². The lowest BCUT2D eigenvalue weighted by atomic mass is 9.73. The number of nitrogens with zero attached hydrogens (tertiary/aromatic N) is 1. The summed E-state index contributed by atoms with van der Waals surface area (Å²) in [6, 6.07) is 0. The monoisotopic (exact) mass is 92.1 g/mol. The van der Waals surface area contributed by atoms with Crippen LogP contribution in [0.2, 0.25) is 0 Å². The van der Waals surface area contributed by atoms with Gasteiger partial charge >= 0.3 is 0 Å². The Morgan fingerprint density at radius 2 is 2.29 bits per heavy atom. The summed E-state index contributed by atoms with van der Waals surface area (Å²) in [6.45, 7) is 4.07. The fourth-order valence-corrected chi connectivity index (χ4v) is 0.483. The molecule has 0 fully saturated rings. The quantitative estimate of drug-likeness (QED) is 0.395. The van der Waals surface area contributed by atoms with Crippen molar-refractivity contribution in [3.63, 3.8) is 0 Å². The molecular weight excluding hydrogens is 84.9 g/mol. The van der Waals surface area contributed by atoms with E-state index in [-0.39, 0.29) is 0 Å². The molecule has 0 aromatic carbocycles. The number of hydrogen-bond acceptors (Lipinski definition) is 1. The maximum Gasteiger partial charge on any atom is 0.203 e. The molecule has 1 aliphatic rings. The molecule has 0 N–H and O–H groups in total. The van der Waals surface area contributed by atoms with Crippen LogP contribution >= 0.6 is 0 Å². The Morgan fingerprint density at radius 3 is 2.43 bits per heavy atom. The number of allylic oxidation sites excluding steroid dienone is 2. The number of aliphatic imine (C=N–C) groups is 1. The summed E-state index contributed by atoms with van der Waals surface area (Å²) < 4.78 is 0. The number of hydrogen-bond donors (Lipinski definition) is 0. The zero-order chi connectivity index (χ0) is 5.28. The Bertz CT molecular complexity index is 135. The average Bonchev–Trinajstić information content (AvgIpc) is 1.91. The van der Waals surface area contributed by atoms with Crippen molar-refractivity contribution in [1.82, 2.24) is 0 Å². The highest BCUT2D eigenvalue weighted by molar-refractivity contribution is 6.75. The Kier molecular flexibility index (Phi) is 1.01. The van der Waals surface area contributed by atoms with E-state index >= 15 is 0 Å². The summed E-state index contributed by atoms with van der Waals surface area (Å²) in [5.74, 6) is 0. The molecule has 0 aromatic rings. The van der Waals surface area contributed by atoms with Crippen molar-refractivity contribution in [3.05, 3.63) is 11.2 Å². The fourth-order valence-electron chi connectivity index (χ4n) is 0.483. The first-order chi connectivity index (χ1) is 3.30. The lowest BCUT2D eigenvalue weighted by molar-refractivity contribution is 1.30. The Morgan fingerprint density at radius 1 is 1.57 bits per heavy atom. The van der Waals surface area contributed by atoms with Gasteiger partial charge in [0, 0.05) is 5.70 Å². The zero-order valence-electron chi connectivity index (χ0n) is 4.60. The van der Waals surface area contributed by atoms with Gasteiger partial charge in [-0.05, 0) is 13.0 Å². The molecule has 7 heavy (non-hydrogen) atoms. The summed E-state index contributed by atoms with van der Waals surface area (Å²) in [5, 5.41) is 0. The van der Waals surface area contributed by atoms with Crippen molar-refractivity contribution in [2.45, 2.75) is 13.8 Å². The van der Waals surface area contributed by atoms with Crippen LogP contribution in [0.1, 0.15) is 13.8 Å². The van der Waals surface area contributed by atoms with Gasteiger partial charge in [-0.2, -0.15) is 0 Å². The minimum Gasteiger partial charge on any atom is -0.277 e. The predicted octanol–water partition coefficient (Wildman–Crippen LogP) is 0.984. The third-order valence-electron chi connectivity index (χ3n) is 1.16. The van der Waals surface area contributed by atoms with Crippen LogP contribution in [0.15, 0.2) is 16.2 Å². The van der Waals surface area contributed by atoms with E-state index in [0.29, 0.717) is 0 Å². The molecule has 0 aliphatic carbocycles. The van der Waals surface area contributed by atoms with Crippen LogP contribution in [-0.2, 0) is 0 Å². The minimum absolute atomic E-state index is 1.14. The van der Waals surface area contributed by atoms with Crippen LogP contribution in [-0.4, -0.2) is 13.4 Å². The lowest BCUT2D eigenvalue weighted by Gasteiger charge is -1.85. The summed E-state index contributed by atoms with van der Waals surface area (Å²) in [5.41, 5.74) is 2.42. The van der Waals surface area contributed by atoms with Gasteiger partial charge in [0.25, 0.3) is 0 Å². The predicted molar refractivity (Wildman–Crippen MR) is 32.6 cm³/mol. The van der Waals surface area contributed by atoms with Crippen molar-refractivity contribution < 1.29 is 0 Å². The zero-order valence-corrected chi connectivity index (χ0v) is 4.60. The smallest absolute Gasteiger partial charge is 0.203 e. The molecular formula is C5H7BN. The van der Waals surface area contributed by atoms with Crippen molar-refractivity contribution in [1.29, 1.82) is 0 Å². The summed E-state index contributed by atoms with van der Waals surface area (Å²) in [7, 11) is 2.01. The number of rotatable bonds is 0. The van der Waals surface area contributed by atoms with Gasteiger partial charge in [-0.1, -0.05) is 12.4 Å². The molecule has 0 amide bonds. The van der Waals surface area contributed by atoms with Crippen LogP contribution in [0.4, 0.5) is 0 Å². The van der Waals surface area contributed by atoms with Crippen LogP contribution in [0.5, 0.6) is 0 Å². The summed E-state index contributed by atoms with van der Waals surface area (Å²) >= 11 is 0. The standard InChI is InChI=1S/C5H7BN/c1-4-5(2)7-3-6-4/h3H,1-2H3. The first kappa shape index (κ1) is 4.63. The van der Waals surface area contributed by atoms with Gasteiger partial charge in [0.1, 0.15) is 0 Å². The van der Waals surface area contributed by atoms with Gasteiger partial charge in [0.05, 0.1) is 0 Å². The highest BCUT2D eigenvalue weighted by Crippen LogP contribution is 2.05. The first-order valence-electron chi connectivity index (χ1n) is 2.35. The molecule has 0 aromatic heterocycles. The Hall–Kier alpha value is -0.525. The van der Waals surface area contributed by atoms with Gasteiger partial charge in [-0.3, -0.25) is 4.99 Å². The Labute approximate surface area is 44.4 Å². The van der Waals surface area contributed by atoms with Crippen molar-refractivity contribution in [3.8, 4) is 0 Å². The maximum absolute atomic E-state index is 4.02. The van der Waals surface area contributed by atoms with E-state index in [1.165, 1.54) is 5.47 Å². The van der Waals surface area contributed by atoms with Crippen LogP contribution in [0, 0.1) is 0 Å². The maximum atomic E-state index is 4.02. The molecule has 1 radical (unpaired) electrons. The van der Waals surface area contributed by atoms with E-state index in [9.17, 15) is 0 Å².